The fraction of sp³-hybridized carbons (Fsp3) is 0.500. The molecule has 0 N–H and O–H groups in total. The molecule has 2 aromatic rings. The van der Waals surface area contributed by atoms with E-state index in [1.165, 1.54) is 5.52 Å². The molecule has 1 aliphatic carbocycles. The molecule has 1 amide bonds. The van der Waals surface area contributed by atoms with Gasteiger partial charge in [-0.05, 0) is 43.7 Å². The standard InChI is InChI=1S/C24H28N6O/c1-28-23(31)14-20(16-6-9-25-10-7-16)27-24(28)29-11-8-17-12-18(13-22(17)29)30-15-26-19-4-2-3-5-21(19)30/h2-6,9-10,15-18,20,22H,7-8,11-14H2,1H3/t16?,17?,18?,20?,22-/m0/s1. The molecule has 4 aliphatic rings. The van der Waals surface area contributed by atoms with Gasteiger partial charge in [0.1, 0.15) is 0 Å². The molecule has 0 spiro atoms. The molecule has 0 radical (unpaired) electrons. The molecular formula is C24H28N6O. The number of amides is 1. The van der Waals surface area contributed by atoms with Crippen LogP contribution in [-0.4, -0.2) is 63.1 Å². The highest BCUT2D eigenvalue weighted by molar-refractivity contribution is 5.99. The molecule has 1 aromatic heterocycles. The van der Waals surface area contributed by atoms with Gasteiger partial charge in [0, 0.05) is 44.0 Å². The van der Waals surface area contributed by atoms with Gasteiger partial charge in [-0.2, -0.15) is 0 Å². The van der Waals surface area contributed by atoms with Crippen LogP contribution in [0.1, 0.15) is 38.1 Å². The summed E-state index contributed by atoms with van der Waals surface area (Å²) >= 11 is 0. The molecule has 0 bridgehead atoms. The van der Waals surface area contributed by atoms with Crippen LogP contribution in [-0.2, 0) is 4.79 Å². The summed E-state index contributed by atoms with van der Waals surface area (Å²) in [4.78, 5) is 31.0. The number of nitrogens with zero attached hydrogens (tertiary/aromatic N) is 6. The number of carbonyl (C=O) groups excluding carboxylic acids is 1. The van der Waals surface area contributed by atoms with Crippen molar-refractivity contribution in [1.29, 1.82) is 0 Å². The molecule has 7 heteroatoms. The first-order valence-corrected chi connectivity index (χ1v) is 11.4. The Bertz CT molecular complexity index is 1100. The molecule has 6 rings (SSSR count). The summed E-state index contributed by atoms with van der Waals surface area (Å²) in [5, 5.41) is 0. The number of fused-ring (bicyclic) bond motifs is 2. The summed E-state index contributed by atoms with van der Waals surface area (Å²) < 4.78 is 2.36. The SMILES string of the molecule is CN1C(=O)CC(C2C=CN=CC2)N=C1N1CCC2CC(n3cnc4ccccc43)C[C@@H]21. The largest absolute Gasteiger partial charge is 0.339 e. The van der Waals surface area contributed by atoms with Gasteiger partial charge in [-0.3, -0.25) is 14.7 Å². The minimum Gasteiger partial charge on any atom is -0.339 e. The van der Waals surface area contributed by atoms with Gasteiger partial charge >= 0.3 is 0 Å². The van der Waals surface area contributed by atoms with Crippen molar-refractivity contribution < 1.29 is 4.79 Å². The number of hydrogen-bond donors (Lipinski definition) is 0. The van der Waals surface area contributed by atoms with Crippen LogP contribution in [0.4, 0.5) is 0 Å². The average Bonchev–Trinajstić information content (AvgIpc) is 3.50. The first kappa shape index (κ1) is 18.8. The second-order valence-corrected chi connectivity index (χ2v) is 9.30. The number of rotatable bonds is 2. The van der Waals surface area contributed by atoms with Crippen LogP contribution in [0.15, 0.2) is 52.9 Å². The van der Waals surface area contributed by atoms with Crippen molar-refractivity contribution in [2.45, 2.75) is 50.2 Å². The lowest BCUT2D eigenvalue weighted by atomic mass is 9.92. The topological polar surface area (TPSA) is 66.1 Å². The Kier molecular flexibility index (Phi) is 4.44. The Labute approximate surface area is 182 Å². The number of para-hydroxylation sites is 2. The summed E-state index contributed by atoms with van der Waals surface area (Å²) in [5.74, 6) is 1.95. The van der Waals surface area contributed by atoms with Crippen molar-refractivity contribution in [3.8, 4) is 0 Å². The molecule has 2 fully saturated rings. The maximum absolute atomic E-state index is 12.9. The Morgan fingerprint density at radius 3 is 2.94 bits per heavy atom. The molecule has 5 atom stereocenters. The van der Waals surface area contributed by atoms with E-state index in [0.717, 1.165) is 43.7 Å². The number of hydrogen-bond acceptors (Lipinski definition) is 5. The van der Waals surface area contributed by atoms with Crippen LogP contribution >= 0.6 is 0 Å². The van der Waals surface area contributed by atoms with Gasteiger partial charge in [-0.1, -0.05) is 18.2 Å². The van der Waals surface area contributed by atoms with Gasteiger partial charge in [0.2, 0.25) is 11.9 Å². The van der Waals surface area contributed by atoms with Crippen molar-refractivity contribution in [2.24, 2.45) is 21.8 Å². The highest BCUT2D eigenvalue weighted by atomic mass is 16.2. The number of imidazole rings is 1. The van der Waals surface area contributed by atoms with Crippen LogP contribution in [0, 0.1) is 11.8 Å². The van der Waals surface area contributed by atoms with Crippen molar-refractivity contribution >= 4 is 29.1 Å². The number of aliphatic imine (C=N–C) groups is 2. The summed E-state index contributed by atoms with van der Waals surface area (Å²) in [5.41, 5.74) is 2.28. The highest BCUT2D eigenvalue weighted by Gasteiger charge is 2.46. The quantitative estimate of drug-likeness (QED) is 0.755. The third-order valence-electron chi connectivity index (χ3n) is 7.64. The van der Waals surface area contributed by atoms with E-state index in [-0.39, 0.29) is 17.9 Å². The predicted molar refractivity (Wildman–Crippen MR) is 121 cm³/mol. The molecule has 1 saturated carbocycles. The molecule has 4 unspecified atom stereocenters. The van der Waals surface area contributed by atoms with Crippen molar-refractivity contribution in [3.05, 3.63) is 42.9 Å². The average molecular weight is 417 g/mol. The zero-order chi connectivity index (χ0) is 20.9. The molecule has 7 nitrogen and oxygen atoms in total. The molecule has 4 heterocycles. The van der Waals surface area contributed by atoms with Crippen LogP contribution < -0.4 is 0 Å². The smallest absolute Gasteiger partial charge is 0.231 e. The van der Waals surface area contributed by atoms with Gasteiger partial charge in [-0.25, -0.2) is 9.98 Å². The summed E-state index contributed by atoms with van der Waals surface area (Å²) in [6.45, 7) is 0.984. The lowest BCUT2D eigenvalue weighted by Crippen LogP contribution is -2.52. The number of aromatic nitrogens is 2. The molecule has 160 valence electrons. The number of benzene rings is 1. The van der Waals surface area contributed by atoms with E-state index in [1.807, 2.05) is 31.9 Å². The third kappa shape index (κ3) is 3.09. The molecule has 31 heavy (non-hydrogen) atoms. The highest BCUT2D eigenvalue weighted by Crippen LogP contribution is 2.45. The van der Waals surface area contributed by atoms with E-state index in [2.05, 4.69) is 43.7 Å². The maximum Gasteiger partial charge on any atom is 0.231 e. The number of likely N-dealkylation sites (tertiary alicyclic amines) is 1. The van der Waals surface area contributed by atoms with E-state index < -0.39 is 0 Å². The minimum atomic E-state index is 0.00976. The Balaban J connectivity index is 1.27. The Hall–Kier alpha value is -2.96. The predicted octanol–water partition coefficient (Wildman–Crippen LogP) is 3.25. The van der Waals surface area contributed by atoms with Crippen LogP contribution in [0.2, 0.25) is 0 Å². The van der Waals surface area contributed by atoms with Crippen LogP contribution in [0.3, 0.4) is 0 Å². The molecular weight excluding hydrogens is 388 g/mol. The normalized spacial score (nSPS) is 32.7. The van der Waals surface area contributed by atoms with Gasteiger partial charge in [-0.15, -0.1) is 0 Å². The molecule has 1 saturated heterocycles. The second kappa shape index (κ2) is 7.32. The van der Waals surface area contributed by atoms with Crippen molar-refractivity contribution in [2.75, 3.05) is 13.6 Å². The fourth-order valence-electron chi connectivity index (χ4n) is 5.97. The summed E-state index contributed by atoms with van der Waals surface area (Å²) in [6, 6.07) is 9.27. The van der Waals surface area contributed by atoms with Gasteiger partial charge < -0.3 is 9.47 Å². The third-order valence-corrected chi connectivity index (χ3v) is 7.64. The summed E-state index contributed by atoms with van der Waals surface area (Å²) in [7, 11) is 1.89. The maximum atomic E-state index is 12.9. The van der Waals surface area contributed by atoms with E-state index in [1.54, 1.807) is 4.90 Å². The zero-order valence-electron chi connectivity index (χ0n) is 17.8. The lowest BCUT2D eigenvalue weighted by Gasteiger charge is -2.37. The molecule has 3 aliphatic heterocycles. The fourth-order valence-corrected chi connectivity index (χ4v) is 5.97. The van der Waals surface area contributed by atoms with Gasteiger partial charge in [0.15, 0.2) is 0 Å². The number of carbonyl (C=O) groups is 1. The number of guanidine groups is 1. The van der Waals surface area contributed by atoms with Gasteiger partial charge in [0.05, 0.1) is 29.8 Å². The molecule has 1 aromatic carbocycles. The van der Waals surface area contributed by atoms with Crippen LogP contribution in [0.25, 0.3) is 11.0 Å². The summed E-state index contributed by atoms with van der Waals surface area (Å²) in [6.07, 6.45) is 12.6. The van der Waals surface area contributed by atoms with E-state index in [4.69, 9.17) is 4.99 Å². The first-order valence-electron chi connectivity index (χ1n) is 11.4. The first-order chi connectivity index (χ1) is 15.2. The van der Waals surface area contributed by atoms with Crippen molar-refractivity contribution in [1.82, 2.24) is 19.4 Å². The Morgan fingerprint density at radius 2 is 2.06 bits per heavy atom. The van der Waals surface area contributed by atoms with E-state index in [0.29, 0.717) is 24.4 Å². The second-order valence-electron chi connectivity index (χ2n) is 9.30. The minimum absolute atomic E-state index is 0.00976. The van der Waals surface area contributed by atoms with Crippen molar-refractivity contribution in [3.63, 3.8) is 0 Å². The van der Waals surface area contributed by atoms with E-state index >= 15 is 0 Å². The zero-order valence-corrected chi connectivity index (χ0v) is 17.8. The van der Waals surface area contributed by atoms with Crippen LogP contribution in [0.5, 0.6) is 0 Å². The lowest BCUT2D eigenvalue weighted by molar-refractivity contribution is -0.128. The van der Waals surface area contributed by atoms with Gasteiger partial charge in [0.25, 0.3) is 0 Å². The monoisotopic (exact) mass is 416 g/mol. The Morgan fingerprint density at radius 1 is 1.16 bits per heavy atom. The van der Waals surface area contributed by atoms with E-state index in [9.17, 15) is 4.79 Å².